The molecule has 1 aromatic heterocycles. The molecule has 118 valence electrons. The number of ether oxygens (including phenoxy) is 1. The molecule has 3 N–H and O–H groups in total. The first-order valence-corrected chi connectivity index (χ1v) is 6.82. The van der Waals surface area contributed by atoms with Gasteiger partial charge in [-0.2, -0.15) is 15.0 Å². The summed E-state index contributed by atoms with van der Waals surface area (Å²) in [6.45, 7) is 5.09. The molecule has 0 aliphatic rings. The highest BCUT2D eigenvalue weighted by molar-refractivity contribution is 5.80. The fraction of sp³-hybridized carbons (Fsp3) is 0.667. The molecule has 0 atom stereocenters. The van der Waals surface area contributed by atoms with E-state index in [0.717, 1.165) is 6.42 Å². The number of nitrogens with two attached hydrogens (primary N) is 1. The van der Waals surface area contributed by atoms with Gasteiger partial charge in [-0.1, -0.05) is 6.92 Å². The number of anilines is 2. The average Bonchev–Trinajstić information content (AvgIpc) is 2.46. The number of carbonyl (C=O) groups excluding carboxylic acids is 1. The molecule has 0 spiro atoms. The highest BCUT2D eigenvalue weighted by atomic mass is 16.5. The van der Waals surface area contributed by atoms with Crippen molar-refractivity contribution in [3.63, 3.8) is 0 Å². The highest BCUT2D eigenvalue weighted by Crippen LogP contribution is 2.15. The quantitative estimate of drug-likeness (QED) is 0.504. The van der Waals surface area contributed by atoms with Crippen LogP contribution in [0.25, 0.3) is 0 Å². The maximum absolute atomic E-state index is 11.9. The van der Waals surface area contributed by atoms with E-state index in [4.69, 9.17) is 10.6 Å². The van der Waals surface area contributed by atoms with Crippen LogP contribution in [0.4, 0.5) is 11.9 Å². The summed E-state index contributed by atoms with van der Waals surface area (Å²) < 4.78 is 5.29. The average molecular weight is 297 g/mol. The smallest absolute Gasteiger partial charge is 0.323 e. The SMILES string of the molecule is CCCN(CC(=O)N(C)C)c1nc(NN)nc(OCC)n1. The van der Waals surface area contributed by atoms with Crippen LogP contribution in [0, 0.1) is 0 Å². The van der Waals surface area contributed by atoms with Gasteiger partial charge in [0, 0.05) is 20.6 Å². The molecule has 0 saturated heterocycles. The van der Waals surface area contributed by atoms with E-state index in [0.29, 0.717) is 19.1 Å². The molecule has 1 rings (SSSR count). The maximum Gasteiger partial charge on any atom is 0.323 e. The number of nitrogen functional groups attached to an aromatic ring is 1. The zero-order valence-electron chi connectivity index (χ0n) is 13.0. The van der Waals surface area contributed by atoms with Crippen LogP contribution in [0.3, 0.4) is 0 Å². The van der Waals surface area contributed by atoms with Crippen LogP contribution in [-0.2, 0) is 4.79 Å². The summed E-state index contributed by atoms with van der Waals surface area (Å²) in [7, 11) is 3.41. The van der Waals surface area contributed by atoms with Crippen molar-refractivity contribution in [3.8, 4) is 6.01 Å². The molecule has 1 amide bonds. The van der Waals surface area contributed by atoms with Crippen molar-refractivity contribution in [2.45, 2.75) is 20.3 Å². The van der Waals surface area contributed by atoms with Crippen LogP contribution >= 0.6 is 0 Å². The lowest BCUT2D eigenvalue weighted by atomic mass is 10.4. The third-order valence-electron chi connectivity index (χ3n) is 2.61. The zero-order chi connectivity index (χ0) is 15.8. The first-order chi connectivity index (χ1) is 10.0. The van der Waals surface area contributed by atoms with Gasteiger partial charge in [0.1, 0.15) is 0 Å². The first kappa shape index (κ1) is 16.9. The van der Waals surface area contributed by atoms with Gasteiger partial charge in [0.05, 0.1) is 13.2 Å². The van der Waals surface area contributed by atoms with E-state index in [1.165, 1.54) is 4.90 Å². The highest BCUT2D eigenvalue weighted by Gasteiger charge is 2.17. The van der Waals surface area contributed by atoms with Crippen molar-refractivity contribution < 1.29 is 9.53 Å². The normalized spacial score (nSPS) is 10.1. The van der Waals surface area contributed by atoms with Crippen molar-refractivity contribution >= 4 is 17.8 Å². The molecule has 9 nitrogen and oxygen atoms in total. The topological polar surface area (TPSA) is 110 Å². The molecule has 0 bridgehead atoms. The Kier molecular flexibility index (Phi) is 6.60. The Balaban J connectivity index is 3.05. The Morgan fingerprint density at radius 1 is 1.29 bits per heavy atom. The minimum absolute atomic E-state index is 0.0379. The summed E-state index contributed by atoms with van der Waals surface area (Å²) in [5.74, 6) is 5.87. The lowest BCUT2D eigenvalue weighted by Gasteiger charge is -2.23. The van der Waals surface area contributed by atoms with E-state index in [-0.39, 0.29) is 24.4 Å². The Bertz CT molecular complexity index is 467. The lowest BCUT2D eigenvalue weighted by Crippen LogP contribution is -2.38. The molecular formula is C12H23N7O2. The first-order valence-electron chi connectivity index (χ1n) is 6.82. The summed E-state index contributed by atoms with van der Waals surface area (Å²) in [5.41, 5.74) is 2.37. The molecule has 1 heterocycles. The van der Waals surface area contributed by atoms with Crippen LogP contribution < -0.4 is 20.9 Å². The Labute approximate surface area is 124 Å². The predicted molar refractivity (Wildman–Crippen MR) is 80.0 cm³/mol. The van der Waals surface area contributed by atoms with Gasteiger partial charge in [0.15, 0.2) is 0 Å². The second-order valence-corrected chi connectivity index (χ2v) is 4.53. The zero-order valence-corrected chi connectivity index (χ0v) is 13.0. The minimum atomic E-state index is -0.0379. The predicted octanol–water partition coefficient (Wildman–Crippen LogP) is -0.139. The van der Waals surface area contributed by atoms with Crippen LogP contribution in [-0.4, -0.2) is 59.6 Å². The Hall–Kier alpha value is -2.16. The van der Waals surface area contributed by atoms with Gasteiger partial charge in [-0.05, 0) is 13.3 Å². The second kappa shape index (κ2) is 8.20. The van der Waals surface area contributed by atoms with Gasteiger partial charge in [-0.15, -0.1) is 0 Å². The van der Waals surface area contributed by atoms with E-state index in [2.05, 4.69) is 20.4 Å². The number of rotatable bonds is 8. The fourth-order valence-corrected chi connectivity index (χ4v) is 1.57. The molecule has 0 aliphatic heterocycles. The Morgan fingerprint density at radius 2 is 2.00 bits per heavy atom. The van der Waals surface area contributed by atoms with Gasteiger partial charge in [-0.25, -0.2) is 5.84 Å². The van der Waals surface area contributed by atoms with Gasteiger partial charge < -0.3 is 14.5 Å². The summed E-state index contributed by atoms with van der Waals surface area (Å²) in [4.78, 5) is 27.6. The van der Waals surface area contributed by atoms with Crippen molar-refractivity contribution in [3.05, 3.63) is 0 Å². The molecule has 0 saturated carbocycles. The third kappa shape index (κ3) is 5.03. The molecular weight excluding hydrogens is 274 g/mol. The molecule has 0 aliphatic carbocycles. The molecule has 21 heavy (non-hydrogen) atoms. The number of amides is 1. The lowest BCUT2D eigenvalue weighted by molar-refractivity contribution is -0.127. The molecule has 0 radical (unpaired) electrons. The van der Waals surface area contributed by atoms with Crippen molar-refractivity contribution in [2.24, 2.45) is 5.84 Å². The largest absolute Gasteiger partial charge is 0.464 e. The Morgan fingerprint density at radius 3 is 2.52 bits per heavy atom. The molecule has 0 unspecified atom stereocenters. The molecule has 0 aromatic carbocycles. The van der Waals surface area contributed by atoms with Crippen LogP contribution in [0.1, 0.15) is 20.3 Å². The van der Waals surface area contributed by atoms with Gasteiger partial charge in [0.25, 0.3) is 0 Å². The monoisotopic (exact) mass is 297 g/mol. The molecule has 1 aromatic rings. The van der Waals surface area contributed by atoms with E-state index >= 15 is 0 Å². The summed E-state index contributed by atoms with van der Waals surface area (Å²) in [6.07, 6.45) is 0.849. The standard InChI is InChI=1S/C12H23N7O2/c1-5-7-19(8-9(20)18(3)4)11-14-10(17-13)15-12(16-11)21-6-2/h5-8,13H2,1-4H3,(H,14,15,16,17). The number of hydrogen-bond acceptors (Lipinski definition) is 8. The van der Waals surface area contributed by atoms with Crippen LogP contribution in [0.2, 0.25) is 0 Å². The number of aromatic nitrogens is 3. The number of hydrazine groups is 1. The summed E-state index contributed by atoms with van der Waals surface area (Å²) in [6, 6.07) is 0.175. The maximum atomic E-state index is 11.9. The summed E-state index contributed by atoms with van der Waals surface area (Å²) in [5, 5.41) is 0. The summed E-state index contributed by atoms with van der Waals surface area (Å²) >= 11 is 0. The molecule has 0 fully saturated rings. The van der Waals surface area contributed by atoms with Gasteiger partial charge >= 0.3 is 6.01 Å². The number of carbonyl (C=O) groups is 1. The minimum Gasteiger partial charge on any atom is -0.464 e. The van der Waals surface area contributed by atoms with E-state index in [1.54, 1.807) is 19.0 Å². The van der Waals surface area contributed by atoms with Crippen molar-refractivity contribution in [1.29, 1.82) is 0 Å². The number of nitrogens with zero attached hydrogens (tertiary/aromatic N) is 5. The van der Waals surface area contributed by atoms with Crippen LogP contribution in [0.5, 0.6) is 6.01 Å². The number of nitrogens with one attached hydrogen (secondary N) is 1. The van der Waals surface area contributed by atoms with Gasteiger partial charge in [0.2, 0.25) is 17.8 Å². The van der Waals surface area contributed by atoms with Crippen LogP contribution in [0.15, 0.2) is 0 Å². The molecule has 9 heteroatoms. The van der Waals surface area contributed by atoms with Crippen molar-refractivity contribution in [1.82, 2.24) is 19.9 Å². The second-order valence-electron chi connectivity index (χ2n) is 4.53. The van der Waals surface area contributed by atoms with E-state index in [9.17, 15) is 4.79 Å². The van der Waals surface area contributed by atoms with Crippen molar-refractivity contribution in [2.75, 3.05) is 44.1 Å². The fourth-order valence-electron chi connectivity index (χ4n) is 1.57. The number of likely N-dealkylation sites (N-methyl/N-ethyl adjacent to an activating group) is 1. The third-order valence-corrected chi connectivity index (χ3v) is 2.61. The van der Waals surface area contributed by atoms with E-state index in [1.807, 2.05) is 13.8 Å². The number of hydrogen-bond donors (Lipinski definition) is 2. The van der Waals surface area contributed by atoms with E-state index < -0.39 is 0 Å². The van der Waals surface area contributed by atoms with Gasteiger partial charge in [-0.3, -0.25) is 10.2 Å².